The van der Waals surface area contributed by atoms with Crippen LogP contribution in [0.4, 0.5) is 0 Å². The van der Waals surface area contributed by atoms with Crippen LogP contribution in [-0.2, 0) is 4.74 Å². The van der Waals surface area contributed by atoms with Crippen LogP contribution >= 0.6 is 0 Å². The molecule has 1 saturated carbocycles. The van der Waals surface area contributed by atoms with Gasteiger partial charge in [0.05, 0.1) is 6.61 Å². The maximum Gasteiger partial charge on any atom is 0.150 e. The Balaban J connectivity index is 1.58. The molecule has 0 N–H and O–H groups in total. The Hall–Kier alpha value is -2.13. The Morgan fingerprint density at radius 1 is 1.00 bits per heavy atom. The maximum absolute atomic E-state index is 10.8. The van der Waals surface area contributed by atoms with Crippen LogP contribution in [0.1, 0.15) is 65.6 Å². The van der Waals surface area contributed by atoms with Crippen molar-refractivity contribution in [3.8, 4) is 11.5 Å². The first-order valence-corrected chi connectivity index (χ1v) is 8.82. The summed E-state index contributed by atoms with van der Waals surface area (Å²) in [6.45, 7) is 0.772. The molecule has 1 aliphatic carbocycles. The van der Waals surface area contributed by atoms with Gasteiger partial charge in [0.2, 0.25) is 0 Å². The predicted molar refractivity (Wildman–Crippen MR) is 92.9 cm³/mol. The molecular formula is C21H22O3. The van der Waals surface area contributed by atoms with Crippen LogP contribution in [-0.4, -0.2) is 12.9 Å². The number of carbonyl (C=O) groups is 1. The lowest BCUT2D eigenvalue weighted by molar-refractivity contribution is 0.112. The van der Waals surface area contributed by atoms with E-state index in [0.29, 0.717) is 11.5 Å². The fourth-order valence-electron chi connectivity index (χ4n) is 3.57. The summed E-state index contributed by atoms with van der Waals surface area (Å²) in [5.41, 5.74) is 3.22. The van der Waals surface area contributed by atoms with Crippen LogP contribution in [0.5, 0.6) is 11.5 Å². The normalized spacial score (nSPS) is 20.6. The van der Waals surface area contributed by atoms with Gasteiger partial charge in [-0.3, -0.25) is 4.79 Å². The Kier molecular flexibility index (Phi) is 4.35. The molecule has 2 aliphatic rings. The van der Waals surface area contributed by atoms with Gasteiger partial charge in [-0.25, -0.2) is 0 Å². The number of benzene rings is 2. The zero-order valence-corrected chi connectivity index (χ0v) is 13.7. The molecule has 1 aliphatic heterocycles. The number of epoxide rings is 1. The lowest BCUT2D eigenvalue weighted by Crippen LogP contribution is -2.05. The summed E-state index contributed by atoms with van der Waals surface area (Å²) in [6.07, 6.45) is 7.62. The van der Waals surface area contributed by atoms with Gasteiger partial charge in [-0.1, -0.05) is 25.3 Å². The molecule has 2 aromatic rings. The van der Waals surface area contributed by atoms with Crippen LogP contribution in [0.15, 0.2) is 42.5 Å². The molecule has 2 fully saturated rings. The highest BCUT2D eigenvalue weighted by molar-refractivity contribution is 5.74. The zero-order valence-electron chi connectivity index (χ0n) is 13.7. The van der Waals surface area contributed by atoms with Crippen molar-refractivity contribution in [1.29, 1.82) is 0 Å². The van der Waals surface area contributed by atoms with E-state index in [-0.39, 0.29) is 6.10 Å². The van der Waals surface area contributed by atoms with Crippen LogP contribution in [0.25, 0.3) is 0 Å². The first-order valence-electron chi connectivity index (χ1n) is 8.82. The molecule has 1 heterocycles. The molecule has 1 unspecified atom stereocenters. The summed E-state index contributed by atoms with van der Waals surface area (Å²) < 4.78 is 11.6. The number of rotatable bonds is 5. The highest BCUT2D eigenvalue weighted by Crippen LogP contribution is 2.41. The third kappa shape index (κ3) is 3.36. The number of aldehydes is 1. The highest BCUT2D eigenvalue weighted by atomic mass is 16.6. The summed E-state index contributed by atoms with van der Waals surface area (Å²) in [5, 5.41) is 0. The molecule has 24 heavy (non-hydrogen) atoms. The third-order valence-electron chi connectivity index (χ3n) is 5.03. The number of hydrogen-bond acceptors (Lipinski definition) is 3. The van der Waals surface area contributed by atoms with Crippen molar-refractivity contribution in [3.05, 3.63) is 59.2 Å². The summed E-state index contributed by atoms with van der Waals surface area (Å²) in [4.78, 5) is 10.8. The van der Waals surface area contributed by atoms with E-state index >= 15 is 0 Å². The minimum absolute atomic E-state index is 0.165. The summed E-state index contributed by atoms with van der Waals surface area (Å²) in [6, 6.07) is 13.8. The Labute approximate surface area is 142 Å². The molecular weight excluding hydrogens is 300 g/mol. The lowest BCUT2D eigenvalue weighted by atomic mass is 9.83. The SMILES string of the molecule is O=Cc1ccc(Oc2ccc(C3CCCCC3)cc2C2CO2)cc1. The summed E-state index contributed by atoms with van der Waals surface area (Å²) in [5.74, 6) is 2.28. The standard InChI is InChI=1S/C21H22O3/c22-13-15-6-9-18(10-7-15)24-20-11-8-17(12-19(20)21-14-23-21)16-4-2-1-3-5-16/h6-13,16,21H,1-5,14H2. The molecule has 0 radical (unpaired) electrons. The van der Waals surface area contributed by atoms with Gasteiger partial charge in [0.1, 0.15) is 23.9 Å². The van der Waals surface area contributed by atoms with Crippen molar-refractivity contribution in [3.63, 3.8) is 0 Å². The number of hydrogen-bond donors (Lipinski definition) is 0. The molecule has 2 aromatic carbocycles. The molecule has 0 bridgehead atoms. The predicted octanol–water partition coefficient (Wildman–Crippen LogP) is 5.41. The largest absolute Gasteiger partial charge is 0.457 e. The monoisotopic (exact) mass is 322 g/mol. The third-order valence-corrected chi connectivity index (χ3v) is 5.03. The second kappa shape index (κ2) is 6.78. The van der Waals surface area contributed by atoms with Gasteiger partial charge in [-0.05, 0) is 60.7 Å². The van der Waals surface area contributed by atoms with Crippen molar-refractivity contribution in [2.45, 2.75) is 44.1 Å². The van der Waals surface area contributed by atoms with Crippen molar-refractivity contribution >= 4 is 6.29 Å². The van der Waals surface area contributed by atoms with E-state index in [2.05, 4.69) is 18.2 Å². The van der Waals surface area contributed by atoms with E-state index in [1.54, 1.807) is 12.1 Å². The smallest absolute Gasteiger partial charge is 0.150 e. The molecule has 4 rings (SSSR count). The minimum Gasteiger partial charge on any atom is -0.457 e. The molecule has 0 spiro atoms. The van der Waals surface area contributed by atoms with E-state index in [0.717, 1.165) is 30.0 Å². The van der Waals surface area contributed by atoms with E-state index in [9.17, 15) is 4.79 Å². The van der Waals surface area contributed by atoms with Crippen LogP contribution in [0.2, 0.25) is 0 Å². The fraction of sp³-hybridized carbons (Fsp3) is 0.381. The van der Waals surface area contributed by atoms with E-state index in [1.165, 1.54) is 37.7 Å². The van der Waals surface area contributed by atoms with Gasteiger partial charge in [-0.15, -0.1) is 0 Å². The van der Waals surface area contributed by atoms with E-state index in [4.69, 9.17) is 9.47 Å². The van der Waals surface area contributed by atoms with Crippen LogP contribution < -0.4 is 4.74 Å². The molecule has 3 nitrogen and oxygen atoms in total. The van der Waals surface area contributed by atoms with Gasteiger partial charge >= 0.3 is 0 Å². The van der Waals surface area contributed by atoms with E-state index in [1.807, 2.05) is 12.1 Å². The lowest BCUT2D eigenvalue weighted by Gasteiger charge is -2.23. The van der Waals surface area contributed by atoms with Gasteiger partial charge in [-0.2, -0.15) is 0 Å². The van der Waals surface area contributed by atoms with Crippen molar-refractivity contribution in [2.24, 2.45) is 0 Å². The molecule has 3 heteroatoms. The Bertz CT molecular complexity index is 710. The molecule has 1 atom stereocenters. The second-order valence-corrected chi connectivity index (χ2v) is 6.74. The Morgan fingerprint density at radius 3 is 2.42 bits per heavy atom. The summed E-state index contributed by atoms with van der Waals surface area (Å²) in [7, 11) is 0. The molecule has 1 saturated heterocycles. The second-order valence-electron chi connectivity index (χ2n) is 6.74. The first-order chi connectivity index (χ1) is 11.8. The van der Waals surface area contributed by atoms with Crippen molar-refractivity contribution in [2.75, 3.05) is 6.61 Å². The number of carbonyl (C=O) groups excluding carboxylic acids is 1. The molecule has 0 amide bonds. The maximum atomic E-state index is 10.8. The van der Waals surface area contributed by atoms with Crippen LogP contribution in [0.3, 0.4) is 0 Å². The quantitative estimate of drug-likeness (QED) is 0.545. The number of ether oxygens (including phenoxy) is 2. The van der Waals surface area contributed by atoms with Gasteiger partial charge in [0.15, 0.2) is 0 Å². The van der Waals surface area contributed by atoms with Crippen molar-refractivity contribution < 1.29 is 14.3 Å². The van der Waals surface area contributed by atoms with Gasteiger partial charge in [0, 0.05) is 11.1 Å². The molecule has 0 aromatic heterocycles. The zero-order chi connectivity index (χ0) is 16.4. The topological polar surface area (TPSA) is 38.8 Å². The van der Waals surface area contributed by atoms with Gasteiger partial charge in [0.25, 0.3) is 0 Å². The Morgan fingerprint density at radius 2 is 1.75 bits per heavy atom. The van der Waals surface area contributed by atoms with Crippen molar-refractivity contribution in [1.82, 2.24) is 0 Å². The van der Waals surface area contributed by atoms with Crippen LogP contribution in [0, 0.1) is 0 Å². The summed E-state index contributed by atoms with van der Waals surface area (Å²) >= 11 is 0. The highest BCUT2D eigenvalue weighted by Gasteiger charge is 2.29. The average molecular weight is 322 g/mol. The average Bonchev–Trinajstić information content (AvgIpc) is 3.48. The molecule has 124 valence electrons. The van der Waals surface area contributed by atoms with Gasteiger partial charge < -0.3 is 9.47 Å². The van der Waals surface area contributed by atoms with E-state index < -0.39 is 0 Å². The minimum atomic E-state index is 0.165. The fourth-order valence-corrected chi connectivity index (χ4v) is 3.57. The first kappa shape index (κ1) is 15.4.